The summed E-state index contributed by atoms with van der Waals surface area (Å²) in [4.78, 5) is 18.1. The van der Waals surface area contributed by atoms with Crippen LogP contribution >= 0.6 is 0 Å². The summed E-state index contributed by atoms with van der Waals surface area (Å²) in [7, 11) is 0. The highest BCUT2D eigenvalue weighted by Crippen LogP contribution is 2.43. The number of amides is 2. The molecule has 2 amide bonds. The molecule has 0 unspecified atom stereocenters. The highest BCUT2D eigenvalue weighted by Gasteiger charge is 2.43. The number of nitrogens with one attached hydrogen (secondary N) is 1. The van der Waals surface area contributed by atoms with Crippen LogP contribution in [0.15, 0.2) is 48.5 Å². The van der Waals surface area contributed by atoms with Crippen molar-refractivity contribution in [2.75, 3.05) is 32.8 Å². The third kappa shape index (κ3) is 5.88. The molecule has 0 aliphatic carbocycles. The summed E-state index contributed by atoms with van der Waals surface area (Å²) in [5.41, 5.74) is 4.16. The maximum atomic E-state index is 13.2. The first kappa shape index (κ1) is 25.1. The maximum Gasteiger partial charge on any atom is 0.317 e. The van der Waals surface area contributed by atoms with E-state index in [1.54, 1.807) is 0 Å². The average molecular weight is 490 g/mol. The molecule has 3 heterocycles. The molecule has 194 valence electrons. The van der Waals surface area contributed by atoms with E-state index < -0.39 is 0 Å². The Hall–Kier alpha value is -2.53. The molecule has 0 saturated carbocycles. The van der Waals surface area contributed by atoms with Gasteiger partial charge in [-0.15, -0.1) is 0 Å². The van der Waals surface area contributed by atoms with Gasteiger partial charge in [-0.25, -0.2) is 4.79 Å². The summed E-state index contributed by atoms with van der Waals surface area (Å²) in [5, 5.41) is 3.22. The van der Waals surface area contributed by atoms with Crippen LogP contribution in [0, 0.1) is 5.92 Å². The van der Waals surface area contributed by atoms with Gasteiger partial charge in [-0.1, -0.05) is 62.6 Å². The molecule has 2 aromatic rings. The van der Waals surface area contributed by atoms with E-state index in [1.807, 2.05) is 6.07 Å². The molecule has 2 saturated heterocycles. The topological polar surface area (TPSA) is 44.8 Å². The molecule has 3 aliphatic rings. The maximum absolute atomic E-state index is 13.2. The van der Waals surface area contributed by atoms with Gasteiger partial charge in [0.15, 0.2) is 0 Å². The molecular weight excluding hydrogens is 446 g/mol. The van der Waals surface area contributed by atoms with Crippen molar-refractivity contribution < 1.29 is 9.53 Å². The fourth-order valence-corrected chi connectivity index (χ4v) is 6.55. The number of nitrogens with zero attached hydrogens (tertiary/aromatic N) is 2. The van der Waals surface area contributed by atoms with E-state index in [0.717, 1.165) is 64.1 Å². The average Bonchev–Trinajstić information content (AvgIpc) is 2.92. The number of unbranched alkanes of at least 4 members (excludes halogenated alkanes) is 3. The lowest BCUT2D eigenvalue weighted by atomic mass is 9.76. The Morgan fingerprint density at radius 2 is 1.97 bits per heavy atom. The zero-order valence-corrected chi connectivity index (χ0v) is 22.0. The smallest absolute Gasteiger partial charge is 0.317 e. The minimum atomic E-state index is 0.122. The van der Waals surface area contributed by atoms with Crippen LogP contribution in [0.5, 0.6) is 5.75 Å². The van der Waals surface area contributed by atoms with Crippen LogP contribution in [-0.2, 0) is 12.8 Å². The van der Waals surface area contributed by atoms with E-state index in [0.29, 0.717) is 24.5 Å². The number of benzene rings is 2. The van der Waals surface area contributed by atoms with Crippen molar-refractivity contribution >= 4 is 6.03 Å². The van der Waals surface area contributed by atoms with Gasteiger partial charge in [-0.3, -0.25) is 4.90 Å². The first-order valence-corrected chi connectivity index (χ1v) is 14.3. The van der Waals surface area contributed by atoms with E-state index in [-0.39, 0.29) is 6.03 Å². The third-order valence-corrected chi connectivity index (χ3v) is 8.49. The summed E-state index contributed by atoms with van der Waals surface area (Å²) >= 11 is 0. The monoisotopic (exact) mass is 489 g/mol. The second-order valence-corrected chi connectivity index (χ2v) is 10.9. The lowest BCUT2D eigenvalue weighted by Gasteiger charge is -2.52. The summed E-state index contributed by atoms with van der Waals surface area (Å²) in [6, 6.07) is 18.0. The first-order chi connectivity index (χ1) is 17.7. The van der Waals surface area contributed by atoms with Crippen LogP contribution < -0.4 is 10.1 Å². The van der Waals surface area contributed by atoms with Gasteiger partial charge in [0.2, 0.25) is 0 Å². The molecule has 3 aliphatic heterocycles. The molecule has 0 radical (unpaired) electrons. The number of carbonyl (C=O) groups is 1. The van der Waals surface area contributed by atoms with Crippen LogP contribution in [-0.4, -0.2) is 54.7 Å². The highest BCUT2D eigenvalue weighted by molar-refractivity contribution is 5.74. The second kappa shape index (κ2) is 12.1. The summed E-state index contributed by atoms with van der Waals surface area (Å²) in [6.07, 6.45) is 10.3. The molecular formula is C31H43N3O2. The molecule has 5 rings (SSSR count). The Labute approximate surface area is 217 Å². The minimum Gasteiger partial charge on any atom is -0.494 e. The van der Waals surface area contributed by atoms with E-state index in [4.69, 9.17) is 4.74 Å². The number of hydrogen-bond donors (Lipinski definition) is 1. The van der Waals surface area contributed by atoms with Crippen molar-refractivity contribution in [2.24, 2.45) is 5.92 Å². The van der Waals surface area contributed by atoms with Crippen molar-refractivity contribution in [1.29, 1.82) is 0 Å². The zero-order chi connectivity index (χ0) is 24.7. The highest BCUT2D eigenvalue weighted by atomic mass is 16.5. The number of rotatable bonds is 9. The standard InChI is InChI=1S/C31H43N3O2/c1-2-3-4-8-20-36-27-13-14-28-25(21-27)16-19-33-23-26-12-9-18-34(29(26)22-30(28)33)31(35)32-17-15-24-10-6-5-7-11-24/h5-7,10-11,13-14,21,26,29-30H,2-4,8-9,12,15-20,22-23H2,1H3,(H,32,35)/t26-,29+,30+/m0/s1. The van der Waals surface area contributed by atoms with Crippen molar-refractivity contribution in [3.8, 4) is 5.75 Å². The Balaban J connectivity index is 1.21. The fraction of sp³-hybridized carbons (Fsp3) is 0.581. The number of fused-ring (bicyclic) bond motifs is 4. The predicted molar refractivity (Wildman–Crippen MR) is 145 cm³/mol. The van der Waals surface area contributed by atoms with Crippen LogP contribution in [0.25, 0.3) is 0 Å². The lowest BCUT2D eigenvalue weighted by molar-refractivity contribution is 0.00575. The molecule has 0 aromatic heterocycles. The SMILES string of the molecule is CCCCCCOc1ccc2c(c1)CCN1C[C@@H]3CCCN(C(=O)NCCc4ccccc4)[C@@H]3C[C@H]21. The van der Waals surface area contributed by atoms with Gasteiger partial charge in [0, 0.05) is 38.3 Å². The summed E-state index contributed by atoms with van der Waals surface area (Å²) in [6.45, 7) is 6.85. The van der Waals surface area contributed by atoms with Crippen molar-refractivity contribution in [1.82, 2.24) is 15.1 Å². The van der Waals surface area contributed by atoms with Crippen LogP contribution in [0.4, 0.5) is 4.79 Å². The van der Waals surface area contributed by atoms with Gasteiger partial charge >= 0.3 is 6.03 Å². The molecule has 3 atom stereocenters. The number of likely N-dealkylation sites (tertiary alicyclic amines) is 1. The lowest BCUT2D eigenvalue weighted by Crippen LogP contribution is -2.59. The van der Waals surface area contributed by atoms with E-state index in [1.165, 1.54) is 42.4 Å². The molecule has 36 heavy (non-hydrogen) atoms. The summed E-state index contributed by atoms with van der Waals surface area (Å²) in [5.74, 6) is 1.60. The minimum absolute atomic E-state index is 0.122. The van der Waals surface area contributed by atoms with Crippen LogP contribution in [0.2, 0.25) is 0 Å². The number of carbonyl (C=O) groups excluding carboxylic acids is 1. The van der Waals surface area contributed by atoms with Crippen molar-refractivity contribution in [3.05, 3.63) is 65.2 Å². The van der Waals surface area contributed by atoms with Gasteiger partial charge in [0.25, 0.3) is 0 Å². The Morgan fingerprint density at radius 1 is 1.08 bits per heavy atom. The largest absolute Gasteiger partial charge is 0.494 e. The van der Waals surface area contributed by atoms with Gasteiger partial charge in [-0.2, -0.15) is 0 Å². The molecule has 1 N–H and O–H groups in total. The summed E-state index contributed by atoms with van der Waals surface area (Å²) < 4.78 is 6.08. The number of hydrogen-bond acceptors (Lipinski definition) is 3. The van der Waals surface area contributed by atoms with Crippen LogP contribution in [0.1, 0.15) is 74.6 Å². The van der Waals surface area contributed by atoms with Gasteiger partial charge in [0.05, 0.1) is 6.61 Å². The molecule has 2 aromatic carbocycles. The number of piperidine rings is 2. The molecule has 0 bridgehead atoms. The third-order valence-electron chi connectivity index (χ3n) is 8.49. The Kier molecular flexibility index (Phi) is 8.47. The van der Waals surface area contributed by atoms with Gasteiger partial charge in [0.1, 0.15) is 5.75 Å². The Bertz CT molecular complexity index is 995. The number of ether oxygens (including phenoxy) is 1. The quantitative estimate of drug-likeness (QED) is 0.441. The zero-order valence-electron chi connectivity index (χ0n) is 22.0. The van der Waals surface area contributed by atoms with Gasteiger partial charge < -0.3 is 15.0 Å². The van der Waals surface area contributed by atoms with E-state index in [2.05, 4.69) is 64.5 Å². The Morgan fingerprint density at radius 3 is 2.83 bits per heavy atom. The van der Waals surface area contributed by atoms with Gasteiger partial charge in [-0.05, 0) is 73.3 Å². The molecule has 0 spiro atoms. The fourth-order valence-electron chi connectivity index (χ4n) is 6.55. The van der Waals surface area contributed by atoms with Crippen LogP contribution in [0.3, 0.4) is 0 Å². The molecule has 5 heteroatoms. The van der Waals surface area contributed by atoms with E-state index >= 15 is 0 Å². The number of urea groups is 1. The van der Waals surface area contributed by atoms with E-state index in [9.17, 15) is 4.79 Å². The molecule has 5 nitrogen and oxygen atoms in total. The predicted octanol–water partition coefficient (Wildman–Crippen LogP) is 5.98. The second-order valence-electron chi connectivity index (χ2n) is 10.9. The normalized spacial score (nSPS) is 23.4. The molecule has 2 fully saturated rings. The van der Waals surface area contributed by atoms with Crippen molar-refractivity contribution in [3.63, 3.8) is 0 Å². The van der Waals surface area contributed by atoms with Crippen molar-refractivity contribution in [2.45, 2.75) is 76.8 Å². The first-order valence-electron chi connectivity index (χ1n) is 14.3.